The number of allylic oxidation sites excluding steroid dienone is 1. The number of phenols is 1. The van der Waals surface area contributed by atoms with E-state index in [4.69, 9.17) is 17.0 Å². The minimum atomic E-state index is -1.25. The Kier molecular flexibility index (Phi) is 12.4. The molecule has 2 aliphatic rings. The van der Waals surface area contributed by atoms with E-state index in [1.807, 2.05) is 30.7 Å². The monoisotopic (exact) mass is 630 g/mol. The fourth-order valence-electron chi connectivity index (χ4n) is 5.67. The highest BCUT2D eigenvalue weighted by Gasteiger charge is 2.40. The van der Waals surface area contributed by atoms with Gasteiger partial charge in [0, 0.05) is 11.3 Å². The standard InChI is InChI=1S/C32H43N3O6S2/c1-7-9-10-11-21-16-24(37)29(22-14-19(3)12-13-23(22)34(5)6)25(17-21)41-32(42)33-18-26-30(31(39)40)35(28(8-2)43-26)27(38)15-20(4)36/h14,16-17,22-23,28H,5,7-13,15,18H2,1-4,6H3,(H2-,33,37,39,40,42)/p+1/t22-,23-,28?/m1/s1. The number of thioether (sulfide) groups is 1. The highest BCUT2D eigenvalue weighted by Crippen LogP contribution is 2.44. The Hall–Kier alpha value is -3.18. The molecule has 1 amide bonds. The zero-order valence-corrected chi connectivity index (χ0v) is 27.4. The van der Waals surface area contributed by atoms with Crippen molar-refractivity contribution in [1.29, 1.82) is 0 Å². The van der Waals surface area contributed by atoms with Crippen molar-refractivity contribution in [2.45, 2.75) is 96.4 Å². The predicted octanol–water partition coefficient (Wildman–Crippen LogP) is 5.50. The summed E-state index contributed by atoms with van der Waals surface area (Å²) in [6.07, 6.45) is 8.02. The van der Waals surface area contributed by atoms with Crippen LogP contribution in [0.25, 0.3) is 0 Å². The van der Waals surface area contributed by atoms with Crippen LogP contribution in [0.2, 0.25) is 0 Å². The van der Waals surface area contributed by atoms with Gasteiger partial charge in [-0.15, -0.1) is 11.8 Å². The second-order valence-corrected chi connectivity index (χ2v) is 13.0. The number of ether oxygens (including phenoxy) is 1. The summed E-state index contributed by atoms with van der Waals surface area (Å²) in [4.78, 5) is 38.3. The van der Waals surface area contributed by atoms with E-state index in [2.05, 4.69) is 32.0 Å². The maximum Gasteiger partial charge on any atom is 0.353 e. The third kappa shape index (κ3) is 8.69. The van der Waals surface area contributed by atoms with Crippen molar-refractivity contribution < 1.29 is 33.9 Å². The first-order chi connectivity index (χ1) is 20.4. The summed E-state index contributed by atoms with van der Waals surface area (Å²) in [7, 11) is 1.93. The highest BCUT2D eigenvalue weighted by atomic mass is 32.2. The van der Waals surface area contributed by atoms with Gasteiger partial charge >= 0.3 is 5.97 Å². The molecule has 9 nitrogen and oxygen atoms in total. The van der Waals surface area contributed by atoms with Crippen LogP contribution in [0.4, 0.5) is 0 Å². The average molecular weight is 631 g/mol. The summed E-state index contributed by atoms with van der Waals surface area (Å²) in [6.45, 7) is 11.5. The number of ketones is 1. The molecule has 11 heteroatoms. The van der Waals surface area contributed by atoms with Crippen LogP contribution in [0.15, 0.2) is 34.4 Å². The molecule has 0 saturated carbocycles. The number of amides is 1. The Bertz CT molecular complexity index is 1340. The number of likely N-dealkylation sites (N-methyl/N-ethyl adjacent to an activating group) is 1. The van der Waals surface area contributed by atoms with Crippen molar-refractivity contribution in [2.24, 2.45) is 0 Å². The van der Waals surface area contributed by atoms with E-state index in [1.165, 1.54) is 29.2 Å². The number of Topliss-reactive ketones (excluding diaryl/α,β-unsaturated/α-hetero) is 1. The first-order valence-electron chi connectivity index (χ1n) is 14.8. The zero-order chi connectivity index (χ0) is 31.8. The quantitative estimate of drug-likeness (QED) is 0.0648. The SMILES string of the molecule is C=[N+](C)[C@@H]1CCC(C)=C[C@H]1c1c(O)cc(CCCCC)cc1OC(=S)NCC1=C(C(=O)O)N(C(=O)CC(C)=O)C(CC)S1. The third-order valence-electron chi connectivity index (χ3n) is 7.75. The lowest BCUT2D eigenvalue weighted by Crippen LogP contribution is -2.38. The van der Waals surface area contributed by atoms with Crippen molar-refractivity contribution in [1.82, 2.24) is 10.2 Å². The Labute approximate surface area is 264 Å². The van der Waals surface area contributed by atoms with E-state index in [9.17, 15) is 24.6 Å². The molecule has 3 atom stereocenters. The second kappa shape index (κ2) is 15.5. The van der Waals surface area contributed by atoms with Crippen molar-refractivity contribution in [3.05, 3.63) is 45.5 Å². The molecule has 3 N–H and O–H groups in total. The number of phenolic OH excluding ortho intramolecular Hbond substituents is 1. The lowest BCUT2D eigenvalue weighted by atomic mass is 9.80. The Morgan fingerprint density at radius 1 is 1.26 bits per heavy atom. The lowest BCUT2D eigenvalue weighted by Gasteiger charge is -2.28. The number of carboxylic acids is 1. The van der Waals surface area contributed by atoms with Gasteiger partial charge in [-0.25, -0.2) is 9.37 Å². The number of carbonyl (C=O) groups excluding carboxylic acids is 2. The molecule has 0 spiro atoms. The number of benzene rings is 1. The molecule has 1 aliphatic carbocycles. The van der Waals surface area contributed by atoms with Crippen LogP contribution in [0, 0.1) is 0 Å². The number of aromatic hydroxyl groups is 1. The fraction of sp³-hybridized carbons (Fsp3) is 0.531. The summed E-state index contributed by atoms with van der Waals surface area (Å²) < 4.78 is 8.13. The van der Waals surface area contributed by atoms with Gasteiger partial charge in [0.05, 0.1) is 29.8 Å². The van der Waals surface area contributed by atoms with Gasteiger partial charge in [0.1, 0.15) is 36.7 Å². The highest BCUT2D eigenvalue weighted by molar-refractivity contribution is 8.04. The normalized spacial score (nSPS) is 20.1. The lowest BCUT2D eigenvalue weighted by molar-refractivity contribution is -0.534. The Morgan fingerprint density at radius 2 is 1.98 bits per heavy atom. The molecule has 3 rings (SSSR count). The van der Waals surface area contributed by atoms with Crippen LogP contribution in [-0.2, 0) is 20.8 Å². The molecule has 1 unspecified atom stereocenters. The number of carboxylic acid groups (broad SMARTS) is 1. The Morgan fingerprint density at radius 3 is 2.58 bits per heavy atom. The molecule has 0 radical (unpaired) electrons. The number of nitrogens with zero attached hydrogens (tertiary/aromatic N) is 2. The molecule has 1 aromatic carbocycles. The summed E-state index contributed by atoms with van der Waals surface area (Å²) in [6, 6.07) is 3.79. The van der Waals surface area contributed by atoms with E-state index in [0.717, 1.165) is 44.1 Å². The molecule has 0 aromatic heterocycles. The van der Waals surface area contributed by atoms with Gasteiger partial charge in [-0.05, 0) is 69.4 Å². The van der Waals surface area contributed by atoms with Gasteiger partial charge in [-0.1, -0.05) is 38.3 Å². The van der Waals surface area contributed by atoms with Crippen molar-refractivity contribution in [3.8, 4) is 11.5 Å². The molecular weight excluding hydrogens is 587 g/mol. The fourth-order valence-corrected chi connectivity index (χ4v) is 7.11. The average Bonchev–Trinajstić information content (AvgIpc) is 3.30. The number of rotatable bonds is 13. The molecule has 43 heavy (non-hydrogen) atoms. The maximum atomic E-state index is 12.8. The van der Waals surface area contributed by atoms with Crippen LogP contribution in [0.1, 0.15) is 89.7 Å². The van der Waals surface area contributed by atoms with Crippen molar-refractivity contribution in [3.63, 3.8) is 0 Å². The molecule has 0 bridgehead atoms. The summed E-state index contributed by atoms with van der Waals surface area (Å²) in [5.41, 5.74) is 2.65. The van der Waals surface area contributed by atoms with E-state index >= 15 is 0 Å². The van der Waals surface area contributed by atoms with Gasteiger partial charge < -0.3 is 20.3 Å². The molecular formula is C32H44N3O6S2+. The smallest absolute Gasteiger partial charge is 0.353 e. The van der Waals surface area contributed by atoms with Crippen LogP contribution in [0.5, 0.6) is 11.5 Å². The molecule has 234 valence electrons. The van der Waals surface area contributed by atoms with Crippen LogP contribution >= 0.6 is 24.0 Å². The van der Waals surface area contributed by atoms with Crippen molar-refractivity contribution in [2.75, 3.05) is 13.6 Å². The third-order valence-corrected chi connectivity index (χ3v) is 9.42. The van der Waals surface area contributed by atoms with Crippen LogP contribution in [0.3, 0.4) is 0 Å². The molecule has 0 fully saturated rings. The molecule has 1 heterocycles. The van der Waals surface area contributed by atoms with Gasteiger partial charge in [-0.3, -0.25) is 14.5 Å². The number of carbonyl (C=O) groups is 3. The van der Waals surface area contributed by atoms with Gasteiger partial charge in [0.15, 0.2) is 6.04 Å². The minimum Gasteiger partial charge on any atom is -0.507 e. The Balaban J connectivity index is 1.92. The molecule has 0 saturated heterocycles. The first-order valence-corrected chi connectivity index (χ1v) is 16.1. The summed E-state index contributed by atoms with van der Waals surface area (Å²) in [5.74, 6) is -1.71. The van der Waals surface area contributed by atoms with Crippen LogP contribution in [-0.4, -0.2) is 74.2 Å². The van der Waals surface area contributed by atoms with Crippen molar-refractivity contribution >= 4 is 53.5 Å². The topological polar surface area (TPSA) is 119 Å². The predicted molar refractivity (Wildman–Crippen MR) is 174 cm³/mol. The zero-order valence-electron chi connectivity index (χ0n) is 25.8. The number of nitrogens with one attached hydrogen (secondary N) is 1. The molecule has 1 aromatic rings. The van der Waals surface area contributed by atoms with E-state index < -0.39 is 17.3 Å². The summed E-state index contributed by atoms with van der Waals surface area (Å²) >= 11 is 6.83. The van der Waals surface area contributed by atoms with Gasteiger partial charge in [0.25, 0.3) is 5.17 Å². The number of hydrogen-bond acceptors (Lipinski definition) is 7. The van der Waals surface area contributed by atoms with E-state index in [1.54, 1.807) is 0 Å². The van der Waals surface area contributed by atoms with E-state index in [0.29, 0.717) is 22.6 Å². The number of unbranched alkanes of at least 4 members (excludes halogenated alkanes) is 2. The van der Waals surface area contributed by atoms with Crippen LogP contribution < -0.4 is 10.1 Å². The largest absolute Gasteiger partial charge is 0.507 e. The number of hydrogen-bond donors (Lipinski definition) is 3. The minimum absolute atomic E-state index is 0.0156. The molecule has 1 aliphatic heterocycles. The first kappa shape index (κ1) is 34.3. The van der Waals surface area contributed by atoms with Gasteiger partial charge in [-0.2, -0.15) is 0 Å². The second-order valence-electron chi connectivity index (χ2n) is 11.3. The van der Waals surface area contributed by atoms with Gasteiger partial charge in [0.2, 0.25) is 5.91 Å². The van der Waals surface area contributed by atoms with E-state index in [-0.39, 0.29) is 47.3 Å². The number of thiocarbonyl (C=S) groups is 1. The number of aryl methyl sites for hydroxylation is 1. The number of aliphatic carboxylic acids is 1. The summed E-state index contributed by atoms with van der Waals surface area (Å²) in [5, 5.41) is 23.9. The maximum absolute atomic E-state index is 12.8.